The number of rotatable bonds is 7. The SMILES string of the molecule is O=C(O)c1ccccc1-c1ccccc1C(=O)O.OCC(CO)(CO)CO. The number of carbonyl (C=O) groups is 2. The van der Waals surface area contributed by atoms with Crippen LogP contribution in [0.25, 0.3) is 11.1 Å². The molecule has 8 nitrogen and oxygen atoms in total. The van der Waals surface area contributed by atoms with E-state index in [1.165, 1.54) is 12.1 Å². The summed E-state index contributed by atoms with van der Waals surface area (Å²) in [5.74, 6) is -2.16. The van der Waals surface area contributed by atoms with Gasteiger partial charge in [-0.15, -0.1) is 0 Å². The molecular weight excluding hydrogens is 356 g/mol. The molecule has 2 rings (SSSR count). The molecule has 0 radical (unpaired) electrons. The second kappa shape index (κ2) is 10.4. The quantitative estimate of drug-likeness (QED) is 0.411. The van der Waals surface area contributed by atoms with E-state index < -0.39 is 43.8 Å². The van der Waals surface area contributed by atoms with Crippen LogP contribution in [0.15, 0.2) is 48.5 Å². The summed E-state index contributed by atoms with van der Waals surface area (Å²) in [6, 6.07) is 12.7. The summed E-state index contributed by atoms with van der Waals surface area (Å²) in [6.45, 7) is -1.62. The Balaban J connectivity index is 0.000000345. The Morgan fingerprint density at radius 2 is 0.926 bits per heavy atom. The van der Waals surface area contributed by atoms with E-state index in [-0.39, 0.29) is 11.1 Å². The first-order valence-electron chi connectivity index (χ1n) is 7.94. The fraction of sp³-hybridized carbons (Fsp3) is 0.263. The number of aliphatic hydroxyl groups is 4. The number of benzene rings is 2. The summed E-state index contributed by atoms with van der Waals surface area (Å²) in [5, 5.41) is 52.2. The zero-order valence-corrected chi connectivity index (χ0v) is 14.4. The molecule has 2 aromatic carbocycles. The Bertz CT molecular complexity index is 695. The fourth-order valence-corrected chi connectivity index (χ4v) is 2.11. The molecule has 0 unspecified atom stereocenters. The van der Waals surface area contributed by atoms with E-state index in [0.717, 1.165) is 0 Å². The van der Waals surface area contributed by atoms with Gasteiger partial charge in [-0.25, -0.2) is 9.59 Å². The van der Waals surface area contributed by atoms with E-state index in [9.17, 15) is 9.59 Å². The lowest BCUT2D eigenvalue weighted by Crippen LogP contribution is -2.37. The molecule has 0 saturated heterocycles. The Morgan fingerprint density at radius 3 is 1.15 bits per heavy atom. The summed E-state index contributed by atoms with van der Waals surface area (Å²) >= 11 is 0. The first-order chi connectivity index (χ1) is 12.9. The maximum atomic E-state index is 11.1. The Hall–Kier alpha value is -2.78. The summed E-state index contributed by atoms with van der Waals surface area (Å²) < 4.78 is 0. The Labute approximate surface area is 155 Å². The van der Waals surface area contributed by atoms with Gasteiger partial charge in [0.05, 0.1) is 43.0 Å². The van der Waals surface area contributed by atoms with Crippen LogP contribution in [-0.2, 0) is 0 Å². The highest BCUT2D eigenvalue weighted by Gasteiger charge is 2.26. The monoisotopic (exact) mass is 378 g/mol. The molecule has 0 fully saturated rings. The molecule has 0 aliphatic rings. The molecule has 8 heteroatoms. The third-order valence-electron chi connectivity index (χ3n) is 3.95. The summed E-state index contributed by atoms with van der Waals surface area (Å²) in [5.41, 5.74) is -0.122. The highest BCUT2D eigenvalue weighted by atomic mass is 16.4. The van der Waals surface area contributed by atoms with Gasteiger partial charge in [-0.3, -0.25) is 0 Å². The zero-order valence-electron chi connectivity index (χ0n) is 14.4. The maximum Gasteiger partial charge on any atom is 0.336 e. The molecule has 0 amide bonds. The van der Waals surface area contributed by atoms with Gasteiger partial charge in [0.25, 0.3) is 0 Å². The van der Waals surface area contributed by atoms with E-state index in [0.29, 0.717) is 11.1 Å². The van der Waals surface area contributed by atoms with Crippen molar-refractivity contribution in [3.63, 3.8) is 0 Å². The number of carboxylic acid groups (broad SMARTS) is 2. The molecule has 0 aliphatic carbocycles. The number of hydrogen-bond acceptors (Lipinski definition) is 6. The predicted octanol–water partition coefficient (Wildman–Crippen LogP) is 0.692. The number of hydrogen-bond donors (Lipinski definition) is 6. The van der Waals surface area contributed by atoms with Crippen molar-refractivity contribution >= 4 is 11.9 Å². The summed E-state index contributed by atoms with van der Waals surface area (Å²) in [7, 11) is 0. The van der Waals surface area contributed by atoms with Crippen LogP contribution in [0.3, 0.4) is 0 Å². The third kappa shape index (κ3) is 5.60. The smallest absolute Gasteiger partial charge is 0.336 e. The van der Waals surface area contributed by atoms with Crippen molar-refractivity contribution in [1.82, 2.24) is 0 Å². The van der Waals surface area contributed by atoms with Crippen molar-refractivity contribution in [2.45, 2.75) is 0 Å². The molecule has 0 aromatic heterocycles. The number of carboxylic acids is 2. The molecule has 6 N–H and O–H groups in total. The van der Waals surface area contributed by atoms with Gasteiger partial charge in [-0.1, -0.05) is 36.4 Å². The van der Waals surface area contributed by atoms with Crippen molar-refractivity contribution in [2.75, 3.05) is 26.4 Å². The van der Waals surface area contributed by atoms with Gasteiger partial charge >= 0.3 is 11.9 Å². The van der Waals surface area contributed by atoms with Crippen molar-refractivity contribution in [3.8, 4) is 11.1 Å². The maximum absolute atomic E-state index is 11.1. The van der Waals surface area contributed by atoms with Gasteiger partial charge in [-0.2, -0.15) is 0 Å². The van der Waals surface area contributed by atoms with Crippen LogP contribution >= 0.6 is 0 Å². The van der Waals surface area contributed by atoms with Crippen molar-refractivity contribution in [1.29, 1.82) is 0 Å². The topological polar surface area (TPSA) is 156 Å². The average Bonchev–Trinajstić information content (AvgIpc) is 2.70. The van der Waals surface area contributed by atoms with Crippen LogP contribution < -0.4 is 0 Å². The van der Waals surface area contributed by atoms with Crippen LogP contribution in [-0.4, -0.2) is 69.0 Å². The van der Waals surface area contributed by atoms with E-state index in [1.807, 2.05) is 0 Å². The molecule has 2 aromatic rings. The van der Waals surface area contributed by atoms with Crippen LogP contribution in [0.1, 0.15) is 20.7 Å². The van der Waals surface area contributed by atoms with E-state index in [1.54, 1.807) is 36.4 Å². The standard InChI is InChI=1S/C14H10O4.C5H12O4/c15-13(16)11-7-3-1-5-9(11)10-6-2-4-8-12(10)14(17)18;6-1-5(2-7,3-8)4-9/h1-8H,(H,15,16)(H,17,18);6-9H,1-4H2. The summed E-state index contributed by atoms with van der Waals surface area (Å²) in [4.78, 5) is 22.3. The minimum Gasteiger partial charge on any atom is -0.478 e. The van der Waals surface area contributed by atoms with E-state index in [4.69, 9.17) is 30.6 Å². The van der Waals surface area contributed by atoms with E-state index >= 15 is 0 Å². The van der Waals surface area contributed by atoms with Crippen molar-refractivity contribution < 1.29 is 40.2 Å². The Morgan fingerprint density at radius 1 is 0.630 bits per heavy atom. The third-order valence-corrected chi connectivity index (χ3v) is 3.95. The van der Waals surface area contributed by atoms with Gasteiger partial charge in [-0.05, 0) is 23.3 Å². The number of aromatic carboxylic acids is 2. The molecule has 0 spiro atoms. The molecule has 146 valence electrons. The van der Waals surface area contributed by atoms with Crippen molar-refractivity contribution in [3.05, 3.63) is 59.7 Å². The first-order valence-corrected chi connectivity index (χ1v) is 7.94. The van der Waals surface area contributed by atoms with Gasteiger partial charge < -0.3 is 30.6 Å². The summed E-state index contributed by atoms with van der Waals surface area (Å²) in [6.07, 6.45) is 0. The lowest BCUT2D eigenvalue weighted by molar-refractivity contribution is -0.0328. The lowest BCUT2D eigenvalue weighted by Gasteiger charge is -2.23. The van der Waals surface area contributed by atoms with Crippen LogP contribution in [0.5, 0.6) is 0 Å². The van der Waals surface area contributed by atoms with Gasteiger partial charge in [0.2, 0.25) is 0 Å². The highest BCUT2D eigenvalue weighted by molar-refractivity contribution is 6.02. The molecule has 0 heterocycles. The van der Waals surface area contributed by atoms with Crippen LogP contribution in [0.4, 0.5) is 0 Å². The van der Waals surface area contributed by atoms with E-state index in [2.05, 4.69) is 0 Å². The van der Waals surface area contributed by atoms with Crippen LogP contribution in [0.2, 0.25) is 0 Å². The molecule has 27 heavy (non-hydrogen) atoms. The molecule has 0 bridgehead atoms. The Kier molecular flexibility index (Phi) is 8.57. The second-order valence-electron chi connectivity index (χ2n) is 5.83. The molecule has 0 aliphatic heterocycles. The van der Waals surface area contributed by atoms with Crippen molar-refractivity contribution in [2.24, 2.45) is 5.41 Å². The normalized spacial score (nSPS) is 10.7. The first kappa shape index (κ1) is 22.3. The molecule has 0 saturated carbocycles. The predicted molar refractivity (Wildman–Crippen MR) is 96.6 cm³/mol. The van der Waals surface area contributed by atoms with Gasteiger partial charge in [0, 0.05) is 0 Å². The van der Waals surface area contributed by atoms with Gasteiger partial charge in [0.15, 0.2) is 0 Å². The fourth-order valence-electron chi connectivity index (χ4n) is 2.11. The lowest BCUT2D eigenvalue weighted by atomic mass is 9.93. The minimum absolute atomic E-state index is 0.0891. The largest absolute Gasteiger partial charge is 0.478 e. The minimum atomic E-state index is -1.11. The second-order valence-corrected chi connectivity index (χ2v) is 5.83. The average molecular weight is 378 g/mol. The zero-order chi connectivity index (χ0) is 20.4. The molecule has 0 atom stereocenters. The number of aliphatic hydroxyl groups excluding tert-OH is 4. The molecular formula is C19H22O8. The van der Waals surface area contributed by atoms with Crippen LogP contribution in [0, 0.1) is 5.41 Å². The van der Waals surface area contributed by atoms with Gasteiger partial charge in [0.1, 0.15) is 0 Å². The highest BCUT2D eigenvalue weighted by Crippen LogP contribution is 2.27.